The van der Waals surface area contributed by atoms with E-state index < -0.39 is 11.1 Å². The molecule has 1 unspecified atom stereocenters. The van der Waals surface area contributed by atoms with Crippen molar-refractivity contribution in [1.29, 1.82) is 0 Å². The molecule has 1 saturated heterocycles. The molecule has 1 aliphatic heterocycles. The molecule has 0 spiro atoms. The predicted molar refractivity (Wildman–Crippen MR) is 96.2 cm³/mol. The summed E-state index contributed by atoms with van der Waals surface area (Å²) in [7, 11) is 2.00. The maximum absolute atomic E-state index is 11.1. The van der Waals surface area contributed by atoms with Crippen LogP contribution in [-0.4, -0.2) is 54.9 Å². The lowest BCUT2D eigenvalue weighted by molar-refractivity contribution is 0.564. The van der Waals surface area contributed by atoms with Gasteiger partial charge >= 0.3 is 0 Å². The van der Waals surface area contributed by atoms with Crippen LogP contribution in [0.2, 0.25) is 0 Å². The molecule has 2 atom stereocenters. The van der Waals surface area contributed by atoms with Gasteiger partial charge in [0, 0.05) is 38.6 Å². The zero-order valence-corrected chi connectivity index (χ0v) is 14.5. The molecule has 1 aliphatic rings. The van der Waals surface area contributed by atoms with E-state index in [9.17, 15) is 4.21 Å². The summed E-state index contributed by atoms with van der Waals surface area (Å²) in [5.41, 5.74) is 0.844. The second kappa shape index (κ2) is 6.41. The highest BCUT2D eigenvalue weighted by Gasteiger charge is 2.28. The molecule has 2 N–H and O–H groups in total. The minimum absolute atomic E-state index is 0.293. The molecule has 1 fully saturated rings. The topological polar surface area (TPSA) is 98.2 Å². The molecule has 0 aliphatic carbocycles. The van der Waals surface area contributed by atoms with E-state index in [2.05, 4.69) is 29.7 Å². The Hall–Kier alpha value is -2.52. The van der Waals surface area contributed by atoms with E-state index in [1.807, 2.05) is 19.3 Å². The van der Waals surface area contributed by atoms with Gasteiger partial charge < -0.3 is 19.3 Å². The number of anilines is 2. The van der Waals surface area contributed by atoms with E-state index in [4.69, 9.17) is 4.55 Å². The summed E-state index contributed by atoms with van der Waals surface area (Å²) in [5.74, 6) is 1.73. The van der Waals surface area contributed by atoms with Crippen molar-refractivity contribution in [2.45, 2.75) is 17.4 Å². The van der Waals surface area contributed by atoms with Gasteiger partial charge in [0.2, 0.25) is 0 Å². The summed E-state index contributed by atoms with van der Waals surface area (Å²) in [6.07, 6.45) is 5.89. The van der Waals surface area contributed by atoms with Crippen LogP contribution >= 0.6 is 0 Å². The highest BCUT2D eigenvalue weighted by atomic mass is 32.2. The van der Waals surface area contributed by atoms with Crippen LogP contribution in [0.3, 0.4) is 0 Å². The zero-order chi connectivity index (χ0) is 17.4. The average Bonchev–Trinajstić information content (AvgIpc) is 3.30. The fraction of sp³-hybridized carbons (Fsp3) is 0.312. The van der Waals surface area contributed by atoms with E-state index in [0.717, 1.165) is 42.2 Å². The van der Waals surface area contributed by atoms with Gasteiger partial charge in [-0.3, -0.25) is 0 Å². The van der Waals surface area contributed by atoms with Gasteiger partial charge in [-0.1, -0.05) is 0 Å². The summed E-state index contributed by atoms with van der Waals surface area (Å²) < 4.78 is 20.2. The minimum atomic E-state index is -2.00. The van der Waals surface area contributed by atoms with Crippen LogP contribution in [-0.2, 0) is 11.1 Å². The molecule has 3 aromatic heterocycles. The number of nitrogens with one attached hydrogen (secondary N) is 1. The van der Waals surface area contributed by atoms with Gasteiger partial charge in [-0.2, -0.15) is 0 Å². The van der Waals surface area contributed by atoms with Gasteiger partial charge in [0.1, 0.15) is 23.6 Å². The first-order valence-electron chi connectivity index (χ1n) is 7.96. The fourth-order valence-electron chi connectivity index (χ4n) is 3.23. The van der Waals surface area contributed by atoms with Crippen molar-refractivity contribution in [3.63, 3.8) is 0 Å². The molecule has 0 aromatic carbocycles. The monoisotopic (exact) mass is 358 g/mol. The summed E-state index contributed by atoms with van der Waals surface area (Å²) in [6, 6.07) is 5.70. The highest BCUT2D eigenvalue weighted by Crippen LogP contribution is 2.28. The number of aromatic nitrogens is 4. The lowest BCUT2D eigenvalue weighted by atomic mass is 10.2. The molecular weight excluding hydrogens is 340 g/mol. The second-order valence-corrected chi connectivity index (χ2v) is 7.01. The van der Waals surface area contributed by atoms with E-state index in [0.29, 0.717) is 10.9 Å². The molecule has 3 aromatic rings. The van der Waals surface area contributed by atoms with Crippen molar-refractivity contribution < 1.29 is 8.76 Å². The molecule has 0 radical (unpaired) electrons. The summed E-state index contributed by atoms with van der Waals surface area (Å²) in [4.78, 5) is 20.8. The maximum Gasteiger partial charge on any atom is 0.188 e. The molecule has 4 rings (SSSR count). The number of likely N-dealkylation sites (N-methyl/N-ethyl adjacent to an activating group) is 1. The fourth-order valence-corrected chi connectivity index (χ4v) is 3.56. The Bertz CT molecular complexity index is 912. The Morgan fingerprint density at radius 1 is 1.32 bits per heavy atom. The standard InChI is InChI=1S/C16H18N6O2S/c1-21(14-3-2-12(8-18-14)25(23)24)11-5-7-22(9-11)16-13-4-6-17-15(13)19-10-20-16/h2-4,6,8,10-11H,5,7,9H2,1H3,(H,23,24)(H,17,19,20)/t11-/m1/s1. The van der Waals surface area contributed by atoms with Crippen molar-refractivity contribution in [1.82, 2.24) is 19.9 Å². The summed E-state index contributed by atoms with van der Waals surface area (Å²) >= 11 is -2.00. The van der Waals surface area contributed by atoms with Gasteiger partial charge in [-0.25, -0.2) is 19.2 Å². The van der Waals surface area contributed by atoms with E-state index in [-0.39, 0.29) is 0 Å². The number of rotatable bonds is 4. The zero-order valence-electron chi connectivity index (χ0n) is 13.7. The molecule has 9 heteroatoms. The van der Waals surface area contributed by atoms with Gasteiger partial charge in [0.15, 0.2) is 11.1 Å². The SMILES string of the molecule is CN(c1ccc(S(=O)O)cn1)[C@@H]1CCN(c2ncnc3[nH]ccc23)C1. The molecule has 4 heterocycles. The van der Waals surface area contributed by atoms with Gasteiger partial charge in [-0.05, 0) is 24.6 Å². The Balaban J connectivity index is 1.52. The Kier molecular flexibility index (Phi) is 4.10. The molecule has 8 nitrogen and oxygen atoms in total. The number of fused-ring (bicyclic) bond motifs is 1. The van der Waals surface area contributed by atoms with Crippen LogP contribution in [0, 0.1) is 0 Å². The van der Waals surface area contributed by atoms with E-state index in [1.54, 1.807) is 18.5 Å². The van der Waals surface area contributed by atoms with Crippen LogP contribution in [0.1, 0.15) is 6.42 Å². The average molecular weight is 358 g/mol. The Morgan fingerprint density at radius 3 is 2.96 bits per heavy atom. The predicted octanol–water partition coefficient (Wildman–Crippen LogP) is 1.65. The Labute approximate surface area is 147 Å². The smallest absolute Gasteiger partial charge is 0.188 e. The Morgan fingerprint density at radius 2 is 2.20 bits per heavy atom. The van der Waals surface area contributed by atoms with Crippen LogP contribution in [0.4, 0.5) is 11.6 Å². The van der Waals surface area contributed by atoms with Crippen LogP contribution in [0.5, 0.6) is 0 Å². The lowest BCUT2D eigenvalue weighted by Gasteiger charge is -2.26. The molecule has 0 bridgehead atoms. The third kappa shape index (κ3) is 2.96. The molecule has 130 valence electrons. The van der Waals surface area contributed by atoms with Gasteiger partial charge in [0.25, 0.3) is 0 Å². The molecule has 0 amide bonds. The molecule has 25 heavy (non-hydrogen) atoms. The highest BCUT2D eigenvalue weighted by molar-refractivity contribution is 7.79. The maximum atomic E-state index is 11.1. The van der Waals surface area contributed by atoms with Crippen molar-refractivity contribution in [3.05, 3.63) is 36.9 Å². The number of H-pyrrole nitrogens is 1. The van der Waals surface area contributed by atoms with Crippen molar-refractivity contribution >= 4 is 33.7 Å². The quantitative estimate of drug-likeness (QED) is 0.684. The van der Waals surface area contributed by atoms with Gasteiger partial charge in [-0.15, -0.1) is 0 Å². The first kappa shape index (κ1) is 16.0. The number of pyridine rings is 1. The first-order valence-corrected chi connectivity index (χ1v) is 9.07. The van der Waals surface area contributed by atoms with E-state index >= 15 is 0 Å². The molecular formula is C16H18N6O2S. The lowest BCUT2D eigenvalue weighted by Crippen LogP contribution is -2.35. The van der Waals surface area contributed by atoms with Crippen LogP contribution in [0.15, 0.2) is 41.8 Å². The number of aromatic amines is 1. The third-order valence-corrected chi connectivity index (χ3v) is 5.27. The van der Waals surface area contributed by atoms with E-state index in [1.165, 1.54) is 6.20 Å². The number of hydrogen-bond acceptors (Lipinski definition) is 6. The van der Waals surface area contributed by atoms with Crippen LogP contribution in [0.25, 0.3) is 11.0 Å². The van der Waals surface area contributed by atoms with Crippen molar-refractivity contribution in [2.24, 2.45) is 0 Å². The number of hydrogen-bond donors (Lipinski definition) is 2. The first-order chi connectivity index (χ1) is 12.1. The summed E-state index contributed by atoms with van der Waals surface area (Å²) in [5, 5.41) is 1.03. The van der Waals surface area contributed by atoms with Crippen molar-refractivity contribution in [3.8, 4) is 0 Å². The summed E-state index contributed by atoms with van der Waals surface area (Å²) in [6.45, 7) is 1.74. The third-order valence-electron chi connectivity index (χ3n) is 4.63. The normalized spacial score (nSPS) is 18.6. The second-order valence-electron chi connectivity index (χ2n) is 6.04. The van der Waals surface area contributed by atoms with Crippen molar-refractivity contribution in [2.75, 3.05) is 29.9 Å². The minimum Gasteiger partial charge on any atom is -0.355 e. The van der Waals surface area contributed by atoms with Gasteiger partial charge in [0.05, 0.1) is 10.3 Å². The number of nitrogens with zero attached hydrogens (tertiary/aromatic N) is 5. The largest absolute Gasteiger partial charge is 0.355 e. The molecule has 0 saturated carbocycles. The van der Waals surface area contributed by atoms with Crippen LogP contribution < -0.4 is 9.80 Å².